The van der Waals surface area contributed by atoms with E-state index in [0.29, 0.717) is 17.0 Å². The van der Waals surface area contributed by atoms with E-state index in [1.165, 1.54) is 24.0 Å². The summed E-state index contributed by atoms with van der Waals surface area (Å²) >= 11 is 3.78. The van der Waals surface area contributed by atoms with Gasteiger partial charge >= 0.3 is 5.97 Å². The lowest BCUT2D eigenvalue weighted by Crippen LogP contribution is -2.47. The van der Waals surface area contributed by atoms with Crippen LogP contribution in [-0.2, 0) is 9.16 Å². The number of esters is 1. The average molecular weight is 575 g/mol. The maximum Gasteiger partial charge on any atom is 0.337 e. The molecule has 6 nitrogen and oxygen atoms in total. The van der Waals surface area contributed by atoms with Gasteiger partial charge in [-0.3, -0.25) is 4.79 Å². The zero-order valence-electron chi connectivity index (χ0n) is 18.6. The summed E-state index contributed by atoms with van der Waals surface area (Å²) in [5.74, 6) is -0.422. The molecule has 1 atom stereocenters. The van der Waals surface area contributed by atoms with Crippen molar-refractivity contribution in [3.63, 3.8) is 0 Å². The van der Waals surface area contributed by atoms with Gasteiger partial charge in [-0.05, 0) is 43.5 Å². The van der Waals surface area contributed by atoms with Crippen LogP contribution in [0.5, 0.6) is 0 Å². The fourth-order valence-electron chi connectivity index (χ4n) is 3.99. The second kappa shape index (κ2) is 10.6. The SMILES string of the molecule is COC(=O)c1cccc(N2CCCC(NC(=O)c3sc(-c4ccc(CI)cc4)nc3C)C2)c1. The number of hydrogen-bond acceptors (Lipinski definition) is 6. The number of rotatable bonds is 6. The summed E-state index contributed by atoms with van der Waals surface area (Å²) in [7, 11) is 1.38. The van der Waals surface area contributed by atoms with Gasteiger partial charge in [0.1, 0.15) is 9.88 Å². The van der Waals surface area contributed by atoms with Crippen molar-refractivity contribution in [1.82, 2.24) is 10.3 Å². The summed E-state index contributed by atoms with van der Waals surface area (Å²) < 4.78 is 5.80. The highest BCUT2D eigenvalue weighted by Crippen LogP contribution is 2.29. The molecule has 1 fully saturated rings. The third kappa shape index (κ3) is 5.55. The van der Waals surface area contributed by atoms with Crippen LogP contribution in [0.4, 0.5) is 5.69 Å². The van der Waals surface area contributed by atoms with Crippen LogP contribution < -0.4 is 10.2 Å². The first-order valence-corrected chi connectivity index (χ1v) is 13.2. The number of thiazole rings is 1. The Labute approximate surface area is 211 Å². The minimum Gasteiger partial charge on any atom is -0.465 e. The van der Waals surface area contributed by atoms with E-state index >= 15 is 0 Å². The van der Waals surface area contributed by atoms with E-state index in [2.05, 4.69) is 62.1 Å². The first kappa shape index (κ1) is 23.7. The van der Waals surface area contributed by atoms with Crippen molar-refractivity contribution in [2.45, 2.75) is 30.2 Å². The molecule has 0 radical (unpaired) electrons. The van der Waals surface area contributed by atoms with E-state index in [-0.39, 0.29) is 17.9 Å². The zero-order valence-corrected chi connectivity index (χ0v) is 21.6. The minimum atomic E-state index is -0.348. The van der Waals surface area contributed by atoms with Crippen molar-refractivity contribution in [1.29, 1.82) is 0 Å². The summed E-state index contributed by atoms with van der Waals surface area (Å²) in [5, 5.41) is 4.07. The van der Waals surface area contributed by atoms with E-state index in [0.717, 1.165) is 45.8 Å². The van der Waals surface area contributed by atoms with Crippen molar-refractivity contribution in [2.75, 3.05) is 25.1 Å². The predicted molar refractivity (Wildman–Crippen MR) is 140 cm³/mol. The maximum atomic E-state index is 13.1. The smallest absolute Gasteiger partial charge is 0.337 e. The Morgan fingerprint density at radius 3 is 2.76 bits per heavy atom. The lowest BCUT2D eigenvalue weighted by atomic mass is 10.0. The molecule has 0 aliphatic carbocycles. The topological polar surface area (TPSA) is 71.5 Å². The number of benzene rings is 2. The lowest BCUT2D eigenvalue weighted by Gasteiger charge is -2.34. The fraction of sp³-hybridized carbons (Fsp3) is 0.320. The second-order valence-electron chi connectivity index (χ2n) is 8.06. The van der Waals surface area contributed by atoms with Gasteiger partial charge < -0.3 is 15.0 Å². The van der Waals surface area contributed by atoms with Crippen molar-refractivity contribution >= 4 is 51.5 Å². The highest BCUT2D eigenvalue weighted by molar-refractivity contribution is 14.1. The largest absolute Gasteiger partial charge is 0.465 e. The Morgan fingerprint density at radius 1 is 1.24 bits per heavy atom. The van der Waals surface area contributed by atoms with E-state index < -0.39 is 0 Å². The van der Waals surface area contributed by atoms with E-state index in [9.17, 15) is 9.59 Å². The maximum absolute atomic E-state index is 13.1. The standard InChI is InChI=1S/C25H26IN3O3S/c1-16-22(33-24(27-16)18-10-8-17(14-26)9-11-18)23(30)28-20-6-4-12-29(15-20)21-7-3-5-19(13-21)25(31)32-2/h3,5,7-11,13,20H,4,6,12,14-15H2,1-2H3,(H,28,30). The number of aromatic nitrogens is 1. The van der Waals surface area contributed by atoms with Gasteiger partial charge in [-0.25, -0.2) is 9.78 Å². The molecule has 2 heterocycles. The summed E-state index contributed by atoms with van der Waals surface area (Å²) in [4.78, 5) is 32.5. The Bertz CT molecular complexity index is 1150. The fourth-order valence-corrected chi connectivity index (χ4v) is 5.48. The monoisotopic (exact) mass is 575 g/mol. The van der Waals surface area contributed by atoms with Crippen LogP contribution in [0.1, 0.15) is 44.1 Å². The molecule has 0 saturated carbocycles. The van der Waals surface area contributed by atoms with Crippen LogP contribution in [0.3, 0.4) is 0 Å². The van der Waals surface area contributed by atoms with Crippen molar-refractivity contribution in [3.05, 3.63) is 70.2 Å². The molecule has 33 heavy (non-hydrogen) atoms. The van der Waals surface area contributed by atoms with Gasteiger partial charge in [0.05, 0.1) is 18.4 Å². The van der Waals surface area contributed by atoms with Crippen molar-refractivity contribution in [2.24, 2.45) is 0 Å². The lowest BCUT2D eigenvalue weighted by molar-refractivity contribution is 0.0600. The molecular weight excluding hydrogens is 549 g/mol. The number of amides is 1. The van der Waals surface area contributed by atoms with Gasteiger partial charge in [0.2, 0.25) is 0 Å². The number of aryl methyl sites for hydroxylation is 1. The molecular formula is C25H26IN3O3S. The molecule has 1 aliphatic rings. The van der Waals surface area contributed by atoms with Crippen molar-refractivity contribution < 1.29 is 14.3 Å². The first-order valence-electron chi connectivity index (χ1n) is 10.9. The number of halogens is 1. The summed E-state index contributed by atoms with van der Waals surface area (Å²) in [6.45, 7) is 3.46. The molecule has 2 aromatic carbocycles. The number of ether oxygens (including phenoxy) is 1. The van der Waals surface area contributed by atoms with Gasteiger partial charge in [0.25, 0.3) is 5.91 Å². The average Bonchev–Trinajstić information content (AvgIpc) is 3.25. The molecule has 1 amide bonds. The number of hydrogen-bond donors (Lipinski definition) is 1. The molecule has 0 bridgehead atoms. The Kier molecular flexibility index (Phi) is 7.64. The molecule has 4 rings (SSSR count). The van der Waals surface area contributed by atoms with Crippen LogP contribution in [-0.4, -0.2) is 43.1 Å². The van der Waals surface area contributed by atoms with Gasteiger partial charge in [-0.15, -0.1) is 11.3 Å². The van der Waals surface area contributed by atoms with Crippen LogP contribution in [0.25, 0.3) is 10.6 Å². The Hall–Kier alpha value is -2.46. The number of nitrogens with zero attached hydrogens (tertiary/aromatic N) is 2. The molecule has 0 spiro atoms. The van der Waals surface area contributed by atoms with Gasteiger partial charge in [0.15, 0.2) is 0 Å². The summed E-state index contributed by atoms with van der Waals surface area (Å²) in [6, 6.07) is 15.8. The molecule has 1 aliphatic heterocycles. The van der Waals surface area contributed by atoms with Gasteiger partial charge in [-0.1, -0.05) is 52.9 Å². The number of piperidine rings is 1. The summed E-state index contributed by atoms with van der Waals surface area (Å²) in [6.07, 6.45) is 1.88. The number of carbonyl (C=O) groups is 2. The molecule has 1 N–H and O–H groups in total. The van der Waals surface area contributed by atoms with E-state index in [1.54, 1.807) is 6.07 Å². The molecule has 172 valence electrons. The Morgan fingerprint density at radius 2 is 2.03 bits per heavy atom. The van der Waals surface area contributed by atoms with E-state index in [4.69, 9.17) is 4.74 Å². The van der Waals surface area contributed by atoms with Gasteiger partial charge in [-0.2, -0.15) is 0 Å². The third-order valence-electron chi connectivity index (χ3n) is 5.75. The molecule has 1 aromatic heterocycles. The normalized spacial score (nSPS) is 15.8. The number of carbonyl (C=O) groups excluding carboxylic acids is 2. The van der Waals surface area contributed by atoms with Gasteiger partial charge in [0, 0.05) is 34.8 Å². The molecule has 8 heteroatoms. The van der Waals surface area contributed by atoms with Crippen LogP contribution in [0, 0.1) is 6.92 Å². The second-order valence-corrected chi connectivity index (χ2v) is 9.83. The van der Waals surface area contributed by atoms with Crippen molar-refractivity contribution in [3.8, 4) is 10.6 Å². The molecule has 3 aromatic rings. The Balaban J connectivity index is 1.44. The van der Waals surface area contributed by atoms with Crippen LogP contribution >= 0.6 is 33.9 Å². The number of anilines is 1. The summed E-state index contributed by atoms with van der Waals surface area (Å²) in [5.41, 5.74) is 4.54. The number of nitrogens with one attached hydrogen (secondary N) is 1. The number of methoxy groups -OCH3 is 1. The van der Waals surface area contributed by atoms with E-state index in [1.807, 2.05) is 25.1 Å². The quantitative estimate of drug-likeness (QED) is 0.248. The van der Waals surface area contributed by atoms with Crippen LogP contribution in [0.2, 0.25) is 0 Å². The highest BCUT2D eigenvalue weighted by Gasteiger charge is 2.25. The third-order valence-corrected chi connectivity index (χ3v) is 7.83. The predicted octanol–water partition coefficient (Wildman–Crippen LogP) is 5.24. The molecule has 1 saturated heterocycles. The highest BCUT2D eigenvalue weighted by atomic mass is 127. The number of alkyl halides is 1. The minimum absolute atomic E-state index is 0.0286. The van der Waals surface area contributed by atoms with Crippen LogP contribution in [0.15, 0.2) is 48.5 Å². The molecule has 1 unspecified atom stereocenters. The zero-order chi connectivity index (χ0) is 23.4. The first-order chi connectivity index (χ1) is 16.0.